The molecular formula is C12H6ClFO. The van der Waals surface area contributed by atoms with Crippen molar-refractivity contribution in [3.8, 4) is 0 Å². The molecule has 0 N–H and O–H groups in total. The molecule has 0 aliphatic carbocycles. The van der Waals surface area contributed by atoms with Gasteiger partial charge in [0.05, 0.1) is 5.39 Å². The van der Waals surface area contributed by atoms with Crippen LogP contribution in [0.5, 0.6) is 0 Å². The van der Waals surface area contributed by atoms with E-state index in [2.05, 4.69) is 0 Å². The second kappa shape index (κ2) is 2.97. The van der Waals surface area contributed by atoms with Crippen molar-refractivity contribution < 1.29 is 8.81 Å². The van der Waals surface area contributed by atoms with E-state index in [1.54, 1.807) is 30.3 Å². The molecule has 0 aliphatic rings. The minimum Gasteiger partial charge on any atom is -0.456 e. The highest BCUT2D eigenvalue weighted by molar-refractivity contribution is 6.31. The molecule has 0 unspecified atom stereocenters. The highest BCUT2D eigenvalue weighted by atomic mass is 35.5. The van der Waals surface area contributed by atoms with Crippen LogP contribution in [0.3, 0.4) is 0 Å². The molecule has 0 saturated carbocycles. The predicted octanol–water partition coefficient (Wildman–Crippen LogP) is 4.38. The Morgan fingerprint density at radius 2 is 1.93 bits per heavy atom. The number of fused-ring (bicyclic) bond motifs is 3. The van der Waals surface area contributed by atoms with E-state index in [-0.39, 0.29) is 5.82 Å². The van der Waals surface area contributed by atoms with E-state index in [1.165, 1.54) is 6.07 Å². The van der Waals surface area contributed by atoms with Crippen molar-refractivity contribution in [1.29, 1.82) is 0 Å². The molecule has 74 valence electrons. The third-order valence-electron chi connectivity index (χ3n) is 2.41. The van der Waals surface area contributed by atoms with Crippen LogP contribution in [-0.2, 0) is 0 Å². The minimum absolute atomic E-state index is 0.284. The lowest BCUT2D eigenvalue weighted by Crippen LogP contribution is -1.74. The van der Waals surface area contributed by atoms with Crippen molar-refractivity contribution in [3.63, 3.8) is 0 Å². The van der Waals surface area contributed by atoms with Crippen molar-refractivity contribution in [2.24, 2.45) is 0 Å². The van der Waals surface area contributed by atoms with Gasteiger partial charge in [-0.3, -0.25) is 0 Å². The van der Waals surface area contributed by atoms with Crippen LogP contribution >= 0.6 is 11.6 Å². The first-order valence-corrected chi connectivity index (χ1v) is 4.90. The van der Waals surface area contributed by atoms with Gasteiger partial charge in [-0.15, -0.1) is 0 Å². The summed E-state index contributed by atoms with van der Waals surface area (Å²) in [5.74, 6) is -0.284. The number of hydrogen-bond donors (Lipinski definition) is 0. The van der Waals surface area contributed by atoms with Gasteiger partial charge in [-0.25, -0.2) is 4.39 Å². The van der Waals surface area contributed by atoms with E-state index in [0.29, 0.717) is 21.6 Å². The van der Waals surface area contributed by atoms with E-state index in [9.17, 15) is 4.39 Å². The van der Waals surface area contributed by atoms with Gasteiger partial charge in [-0.1, -0.05) is 17.7 Å². The second-order valence-corrected chi connectivity index (χ2v) is 3.79. The van der Waals surface area contributed by atoms with Gasteiger partial charge >= 0.3 is 0 Å². The monoisotopic (exact) mass is 220 g/mol. The molecule has 0 amide bonds. The maximum atomic E-state index is 13.6. The lowest BCUT2D eigenvalue weighted by Gasteiger charge is -1.91. The van der Waals surface area contributed by atoms with Gasteiger partial charge in [0, 0.05) is 10.4 Å². The number of hydrogen-bond acceptors (Lipinski definition) is 1. The normalized spacial score (nSPS) is 11.3. The number of furan rings is 1. The van der Waals surface area contributed by atoms with Gasteiger partial charge in [-0.2, -0.15) is 0 Å². The van der Waals surface area contributed by atoms with Crippen LogP contribution in [0, 0.1) is 5.82 Å². The molecule has 2 aromatic carbocycles. The SMILES string of the molecule is Fc1cccc2oc3ccc(Cl)cc3c12. The minimum atomic E-state index is -0.284. The molecule has 0 saturated heterocycles. The van der Waals surface area contributed by atoms with Gasteiger partial charge < -0.3 is 4.42 Å². The summed E-state index contributed by atoms with van der Waals surface area (Å²) in [4.78, 5) is 0. The van der Waals surface area contributed by atoms with Crippen molar-refractivity contribution in [2.45, 2.75) is 0 Å². The first-order valence-electron chi connectivity index (χ1n) is 4.52. The molecule has 0 fully saturated rings. The highest BCUT2D eigenvalue weighted by Crippen LogP contribution is 2.32. The van der Waals surface area contributed by atoms with Crippen LogP contribution in [0.4, 0.5) is 4.39 Å². The van der Waals surface area contributed by atoms with Crippen molar-refractivity contribution in [2.75, 3.05) is 0 Å². The van der Waals surface area contributed by atoms with Gasteiger partial charge in [0.1, 0.15) is 17.0 Å². The van der Waals surface area contributed by atoms with Crippen molar-refractivity contribution in [3.05, 3.63) is 47.2 Å². The number of benzene rings is 2. The smallest absolute Gasteiger partial charge is 0.138 e. The molecular weight excluding hydrogens is 215 g/mol. The Bertz CT molecular complexity index is 657. The maximum Gasteiger partial charge on any atom is 0.138 e. The van der Waals surface area contributed by atoms with Gasteiger partial charge in [-0.05, 0) is 30.3 Å². The first kappa shape index (κ1) is 8.74. The summed E-state index contributed by atoms with van der Waals surface area (Å²) in [6, 6.07) is 9.97. The zero-order valence-electron chi connectivity index (χ0n) is 7.63. The van der Waals surface area contributed by atoms with E-state index >= 15 is 0 Å². The first-order chi connectivity index (χ1) is 7.25. The quantitative estimate of drug-likeness (QED) is 0.548. The Balaban J connectivity index is 2.61. The van der Waals surface area contributed by atoms with Crippen molar-refractivity contribution >= 4 is 33.5 Å². The summed E-state index contributed by atoms with van der Waals surface area (Å²) < 4.78 is 19.1. The number of rotatable bonds is 0. The molecule has 0 bridgehead atoms. The third-order valence-corrected chi connectivity index (χ3v) is 2.64. The topological polar surface area (TPSA) is 13.1 Å². The number of halogens is 2. The zero-order valence-corrected chi connectivity index (χ0v) is 8.38. The third kappa shape index (κ3) is 1.22. The summed E-state index contributed by atoms with van der Waals surface area (Å²) in [7, 11) is 0. The van der Waals surface area contributed by atoms with E-state index < -0.39 is 0 Å². The lowest BCUT2D eigenvalue weighted by molar-refractivity contribution is 0.634. The van der Waals surface area contributed by atoms with Crippen LogP contribution < -0.4 is 0 Å². The summed E-state index contributed by atoms with van der Waals surface area (Å²) in [6.07, 6.45) is 0. The fourth-order valence-corrected chi connectivity index (χ4v) is 1.93. The highest BCUT2D eigenvalue weighted by Gasteiger charge is 2.10. The molecule has 15 heavy (non-hydrogen) atoms. The van der Waals surface area contributed by atoms with Crippen LogP contribution in [0.15, 0.2) is 40.8 Å². The van der Waals surface area contributed by atoms with E-state index in [0.717, 1.165) is 5.39 Å². The Labute approximate surface area is 90.1 Å². The molecule has 3 heteroatoms. The largest absolute Gasteiger partial charge is 0.456 e. The van der Waals surface area contributed by atoms with Gasteiger partial charge in [0.25, 0.3) is 0 Å². The lowest BCUT2D eigenvalue weighted by atomic mass is 10.1. The summed E-state index contributed by atoms with van der Waals surface area (Å²) in [6.45, 7) is 0. The van der Waals surface area contributed by atoms with Crippen LogP contribution in [-0.4, -0.2) is 0 Å². The Hall–Kier alpha value is -1.54. The Morgan fingerprint density at radius 1 is 1.07 bits per heavy atom. The summed E-state index contributed by atoms with van der Waals surface area (Å²) in [5.41, 5.74) is 1.20. The fourth-order valence-electron chi connectivity index (χ4n) is 1.76. The average molecular weight is 221 g/mol. The molecule has 0 spiro atoms. The van der Waals surface area contributed by atoms with E-state index in [1.807, 2.05) is 0 Å². The van der Waals surface area contributed by atoms with Crippen LogP contribution in [0.25, 0.3) is 21.9 Å². The molecule has 3 aromatic rings. The molecule has 1 heterocycles. The molecule has 0 aliphatic heterocycles. The van der Waals surface area contributed by atoms with E-state index in [4.69, 9.17) is 16.0 Å². The summed E-state index contributed by atoms with van der Waals surface area (Å²) in [5, 5.41) is 1.79. The average Bonchev–Trinajstić information content (AvgIpc) is 2.57. The fraction of sp³-hybridized carbons (Fsp3) is 0. The van der Waals surface area contributed by atoms with Gasteiger partial charge in [0.15, 0.2) is 0 Å². The van der Waals surface area contributed by atoms with Gasteiger partial charge in [0.2, 0.25) is 0 Å². The van der Waals surface area contributed by atoms with Crippen LogP contribution in [0.1, 0.15) is 0 Å². The molecule has 3 rings (SSSR count). The molecule has 1 aromatic heterocycles. The predicted molar refractivity (Wildman–Crippen MR) is 58.7 cm³/mol. The standard InChI is InChI=1S/C12H6ClFO/c13-7-4-5-10-8(6-7)12-9(14)2-1-3-11(12)15-10/h1-6H. The molecule has 0 radical (unpaired) electrons. The Kier molecular flexibility index (Phi) is 1.73. The Morgan fingerprint density at radius 3 is 2.80 bits per heavy atom. The molecule has 0 atom stereocenters. The summed E-state index contributed by atoms with van der Waals surface area (Å²) >= 11 is 5.86. The van der Waals surface area contributed by atoms with Crippen molar-refractivity contribution in [1.82, 2.24) is 0 Å². The van der Waals surface area contributed by atoms with Crippen LogP contribution in [0.2, 0.25) is 5.02 Å². The second-order valence-electron chi connectivity index (χ2n) is 3.36. The maximum absolute atomic E-state index is 13.6. The molecule has 1 nitrogen and oxygen atoms in total. The zero-order chi connectivity index (χ0) is 10.4.